The summed E-state index contributed by atoms with van der Waals surface area (Å²) in [7, 11) is 0.0583. The van der Waals surface area contributed by atoms with Crippen LogP contribution in [0.2, 0.25) is 5.02 Å². The Morgan fingerprint density at radius 3 is 2.32 bits per heavy atom. The van der Waals surface area contributed by atoms with E-state index in [1.165, 1.54) is 0 Å². The van der Waals surface area contributed by atoms with E-state index in [0.29, 0.717) is 0 Å². The van der Waals surface area contributed by atoms with E-state index in [-0.39, 0.29) is 16.5 Å². The number of nitrogens with zero attached hydrogens (tertiary/aromatic N) is 1. The molecule has 0 aromatic heterocycles. The standard InChI is InChI=1S/C15H16ClFN2O2S/c1-19(2)13-6-3-11(4-7-13)10-18-22(20,21)15-8-5-12(17)9-14(15)16/h3-9,18H,10H2,1-2H3. The topological polar surface area (TPSA) is 49.4 Å². The van der Waals surface area contributed by atoms with Gasteiger partial charge in [-0.3, -0.25) is 0 Å². The van der Waals surface area contributed by atoms with E-state index in [9.17, 15) is 12.8 Å². The summed E-state index contributed by atoms with van der Waals surface area (Å²) < 4.78 is 39.8. The summed E-state index contributed by atoms with van der Waals surface area (Å²) >= 11 is 5.79. The zero-order valence-electron chi connectivity index (χ0n) is 12.2. The third-order valence-electron chi connectivity index (χ3n) is 3.10. The second-order valence-corrected chi connectivity index (χ2v) is 7.10. The molecule has 0 saturated heterocycles. The number of hydrogen-bond donors (Lipinski definition) is 1. The number of rotatable bonds is 5. The van der Waals surface area contributed by atoms with Crippen molar-refractivity contribution in [2.24, 2.45) is 0 Å². The van der Waals surface area contributed by atoms with Gasteiger partial charge in [-0.05, 0) is 35.9 Å². The molecule has 1 N–H and O–H groups in total. The van der Waals surface area contributed by atoms with Crippen LogP contribution in [-0.4, -0.2) is 22.5 Å². The first-order valence-electron chi connectivity index (χ1n) is 6.50. The van der Waals surface area contributed by atoms with Crippen molar-refractivity contribution in [1.29, 1.82) is 0 Å². The Hall–Kier alpha value is -1.63. The highest BCUT2D eigenvalue weighted by molar-refractivity contribution is 7.89. The minimum absolute atomic E-state index is 0.129. The third kappa shape index (κ3) is 3.97. The largest absolute Gasteiger partial charge is 0.378 e. The maximum absolute atomic E-state index is 13.0. The lowest BCUT2D eigenvalue weighted by molar-refractivity contribution is 0.580. The van der Waals surface area contributed by atoms with Crippen molar-refractivity contribution in [1.82, 2.24) is 4.72 Å². The highest BCUT2D eigenvalue weighted by Gasteiger charge is 2.18. The molecule has 0 heterocycles. The highest BCUT2D eigenvalue weighted by Crippen LogP contribution is 2.22. The summed E-state index contributed by atoms with van der Waals surface area (Å²) in [5.74, 6) is -0.580. The van der Waals surface area contributed by atoms with Crippen LogP contribution in [0.25, 0.3) is 0 Å². The van der Waals surface area contributed by atoms with Crippen LogP contribution in [0.4, 0.5) is 10.1 Å². The number of halogens is 2. The third-order valence-corrected chi connectivity index (χ3v) is 4.99. The molecule has 2 rings (SSSR count). The first-order valence-corrected chi connectivity index (χ1v) is 8.37. The molecular weight excluding hydrogens is 327 g/mol. The Labute approximate surface area is 134 Å². The molecule has 0 bridgehead atoms. The van der Waals surface area contributed by atoms with Crippen LogP contribution in [0.5, 0.6) is 0 Å². The summed E-state index contributed by atoms with van der Waals surface area (Å²) in [6.45, 7) is 0.129. The molecule has 7 heteroatoms. The van der Waals surface area contributed by atoms with E-state index in [2.05, 4.69) is 4.72 Å². The van der Waals surface area contributed by atoms with Gasteiger partial charge in [-0.25, -0.2) is 17.5 Å². The first-order chi connectivity index (χ1) is 10.3. The van der Waals surface area contributed by atoms with Crippen LogP contribution in [0.3, 0.4) is 0 Å². The Bertz CT molecular complexity index is 762. The normalized spacial score (nSPS) is 11.5. The van der Waals surface area contributed by atoms with Crippen LogP contribution in [0, 0.1) is 5.82 Å². The summed E-state index contributed by atoms with van der Waals surface area (Å²) in [5.41, 5.74) is 1.83. The molecule has 0 saturated carbocycles. The van der Waals surface area contributed by atoms with Gasteiger partial charge in [0.25, 0.3) is 0 Å². The number of anilines is 1. The lowest BCUT2D eigenvalue weighted by Gasteiger charge is -2.13. The predicted octanol–water partition coefficient (Wildman–Crippen LogP) is 3.02. The van der Waals surface area contributed by atoms with Gasteiger partial charge in [0.2, 0.25) is 10.0 Å². The van der Waals surface area contributed by atoms with E-state index >= 15 is 0 Å². The van der Waals surface area contributed by atoms with Crippen LogP contribution in [0.15, 0.2) is 47.4 Å². The molecule has 0 atom stereocenters. The van der Waals surface area contributed by atoms with Crippen molar-refractivity contribution in [3.63, 3.8) is 0 Å². The monoisotopic (exact) mass is 342 g/mol. The van der Waals surface area contributed by atoms with Gasteiger partial charge in [0, 0.05) is 26.3 Å². The molecule has 0 aliphatic carbocycles. The van der Waals surface area contributed by atoms with E-state index in [0.717, 1.165) is 29.4 Å². The van der Waals surface area contributed by atoms with Crippen LogP contribution in [0.1, 0.15) is 5.56 Å². The smallest absolute Gasteiger partial charge is 0.242 e. The molecule has 0 aliphatic heterocycles. The SMILES string of the molecule is CN(C)c1ccc(CNS(=O)(=O)c2ccc(F)cc2Cl)cc1. The fourth-order valence-electron chi connectivity index (χ4n) is 1.86. The zero-order valence-corrected chi connectivity index (χ0v) is 13.7. The minimum atomic E-state index is -3.79. The van der Waals surface area contributed by atoms with Crippen molar-refractivity contribution in [2.75, 3.05) is 19.0 Å². The van der Waals surface area contributed by atoms with E-state index in [1.807, 2.05) is 43.3 Å². The predicted molar refractivity (Wildman–Crippen MR) is 86.2 cm³/mol. The van der Waals surface area contributed by atoms with E-state index in [1.54, 1.807) is 0 Å². The van der Waals surface area contributed by atoms with Crippen LogP contribution in [-0.2, 0) is 16.6 Å². The van der Waals surface area contributed by atoms with Crippen molar-refractivity contribution in [3.05, 3.63) is 58.9 Å². The van der Waals surface area contributed by atoms with Crippen molar-refractivity contribution in [2.45, 2.75) is 11.4 Å². The van der Waals surface area contributed by atoms with Crippen molar-refractivity contribution < 1.29 is 12.8 Å². The Kier molecular flexibility index (Phi) is 5.05. The summed E-state index contributed by atoms with van der Waals surface area (Å²) in [4.78, 5) is 1.81. The van der Waals surface area contributed by atoms with Crippen molar-refractivity contribution in [3.8, 4) is 0 Å². The Balaban J connectivity index is 2.12. The zero-order chi connectivity index (χ0) is 16.3. The minimum Gasteiger partial charge on any atom is -0.378 e. The molecule has 0 fully saturated rings. The lowest BCUT2D eigenvalue weighted by atomic mass is 10.2. The first kappa shape index (κ1) is 16.7. The Morgan fingerprint density at radius 2 is 1.77 bits per heavy atom. The number of hydrogen-bond acceptors (Lipinski definition) is 3. The van der Waals surface area contributed by atoms with Crippen LogP contribution >= 0.6 is 11.6 Å². The van der Waals surface area contributed by atoms with Gasteiger partial charge >= 0.3 is 0 Å². The van der Waals surface area contributed by atoms with Gasteiger partial charge in [0.05, 0.1) is 5.02 Å². The van der Waals surface area contributed by atoms with E-state index < -0.39 is 15.8 Å². The van der Waals surface area contributed by atoms with Crippen LogP contribution < -0.4 is 9.62 Å². The van der Waals surface area contributed by atoms with E-state index in [4.69, 9.17) is 11.6 Å². The maximum Gasteiger partial charge on any atom is 0.242 e. The molecule has 118 valence electrons. The number of sulfonamides is 1. The molecule has 0 unspecified atom stereocenters. The fourth-order valence-corrected chi connectivity index (χ4v) is 3.41. The summed E-state index contributed by atoms with van der Waals surface area (Å²) in [6, 6.07) is 10.7. The second kappa shape index (κ2) is 6.64. The number of benzene rings is 2. The van der Waals surface area contributed by atoms with Gasteiger partial charge in [-0.2, -0.15) is 0 Å². The molecule has 2 aromatic rings. The molecule has 0 radical (unpaired) electrons. The summed E-state index contributed by atoms with van der Waals surface area (Å²) in [6.07, 6.45) is 0. The molecule has 0 amide bonds. The molecule has 2 aromatic carbocycles. The molecule has 0 spiro atoms. The van der Waals surface area contributed by atoms with Gasteiger partial charge in [-0.1, -0.05) is 23.7 Å². The summed E-state index contributed by atoms with van der Waals surface area (Å²) in [5, 5.41) is -0.143. The molecular formula is C15H16ClFN2O2S. The highest BCUT2D eigenvalue weighted by atomic mass is 35.5. The maximum atomic E-state index is 13.0. The van der Waals surface area contributed by atoms with Gasteiger partial charge in [0.15, 0.2) is 0 Å². The average molecular weight is 343 g/mol. The van der Waals surface area contributed by atoms with Gasteiger partial charge in [-0.15, -0.1) is 0 Å². The second-order valence-electron chi connectivity index (χ2n) is 4.96. The number of nitrogens with one attached hydrogen (secondary N) is 1. The van der Waals surface area contributed by atoms with Gasteiger partial charge < -0.3 is 4.90 Å². The van der Waals surface area contributed by atoms with Gasteiger partial charge in [0.1, 0.15) is 10.7 Å². The average Bonchev–Trinajstić information content (AvgIpc) is 2.45. The lowest BCUT2D eigenvalue weighted by Crippen LogP contribution is -2.23. The molecule has 4 nitrogen and oxygen atoms in total. The quantitative estimate of drug-likeness (QED) is 0.908. The fraction of sp³-hybridized carbons (Fsp3) is 0.200. The molecule has 22 heavy (non-hydrogen) atoms. The molecule has 0 aliphatic rings. The van der Waals surface area contributed by atoms with Crippen molar-refractivity contribution >= 4 is 27.3 Å². The Morgan fingerprint density at radius 1 is 1.14 bits per heavy atom.